The molecule has 4 nitrogen and oxygen atoms in total. The Morgan fingerprint density at radius 3 is 2.46 bits per heavy atom. The molecule has 0 radical (unpaired) electrons. The van der Waals surface area contributed by atoms with E-state index in [9.17, 15) is 9.90 Å². The van der Waals surface area contributed by atoms with Crippen LogP contribution in [0.4, 0.5) is 0 Å². The zero-order valence-corrected chi connectivity index (χ0v) is 15.4. The number of nitrogens with zero attached hydrogens (tertiary/aromatic N) is 1. The average Bonchev–Trinajstić information content (AvgIpc) is 2.64. The van der Waals surface area contributed by atoms with Crippen molar-refractivity contribution in [3.63, 3.8) is 0 Å². The first kappa shape index (κ1) is 18.1. The highest BCUT2D eigenvalue weighted by molar-refractivity contribution is 5.86. The number of aliphatic hydroxyl groups is 1. The van der Waals surface area contributed by atoms with E-state index in [4.69, 9.17) is 0 Å². The summed E-state index contributed by atoms with van der Waals surface area (Å²) < 4.78 is 0. The van der Waals surface area contributed by atoms with Gasteiger partial charge in [-0.05, 0) is 43.5 Å². The summed E-state index contributed by atoms with van der Waals surface area (Å²) in [6, 6.07) is 17.3. The summed E-state index contributed by atoms with van der Waals surface area (Å²) in [5.41, 5.74) is 3.51. The van der Waals surface area contributed by atoms with Gasteiger partial charge in [0.2, 0.25) is 5.91 Å². The number of hydrogen-bond acceptors (Lipinski definition) is 3. The van der Waals surface area contributed by atoms with Gasteiger partial charge < -0.3 is 10.4 Å². The van der Waals surface area contributed by atoms with Crippen molar-refractivity contribution in [2.45, 2.75) is 32.8 Å². The van der Waals surface area contributed by atoms with Crippen molar-refractivity contribution in [3.8, 4) is 0 Å². The summed E-state index contributed by atoms with van der Waals surface area (Å²) in [6.45, 7) is 5.83. The van der Waals surface area contributed by atoms with Crippen molar-refractivity contribution < 1.29 is 9.90 Å². The Morgan fingerprint density at radius 1 is 1.08 bits per heavy atom. The van der Waals surface area contributed by atoms with Crippen LogP contribution in [0.2, 0.25) is 0 Å². The molecule has 1 atom stereocenters. The smallest absolute Gasteiger partial charge is 0.224 e. The van der Waals surface area contributed by atoms with E-state index in [1.165, 1.54) is 0 Å². The lowest BCUT2D eigenvalue weighted by atomic mass is 9.95. The molecule has 0 bridgehead atoms. The lowest BCUT2D eigenvalue weighted by molar-refractivity contribution is -0.121. The summed E-state index contributed by atoms with van der Waals surface area (Å²) in [4.78, 5) is 17.1. The van der Waals surface area contributed by atoms with Gasteiger partial charge in [-0.15, -0.1) is 0 Å². The van der Waals surface area contributed by atoms with Gasteiger partial charge in [-0.25, -0.2) is 0 Å². The molecule has 2 aromatic carbocycles. The lowest BCUT2D eigenvalue weighted by Crippen LogP contribution is -2.39. The van der Waals surface area contributed by atoms with E-state index in [0.29, 0.717) is 0 Å². The average molecular weight is 348 g/mol. The molecular formula is C22H24N2O2. The van der Waals surface area contributed by atoms with Crippen LogP contribution >= 0.6 is 0 Å². The summed E-state index contributed by atoms with van der Waals surface area (Å²) in [5, 5.41) is 14.5. The molecule has 4 heteroatoms. The number of hydrogen-bond donors (Lipinski definition) is 2. The first-order valence-electron chi connectivity index (χ1n) is 8.78. The van der Waals surface area contributed by atoms with Gasteiger partial charge in [0.25, 0.3) is 0 Å². The number of rotatable bonds is 5. The first-order valence-corrected chi connectivity index (χ1v) is 8.78. The molecular weight excluding hydrogens is 324 g/mol. The molecule has 0 aliphatic carbocycles. The van der Waals surface area contributed by atoms with Crippen molar-refractivity contribution in [1.29, 1.82) is 0 Å². The van der Waals surface area contributed by atoms with E-state index in [1.54, 1.807) is 6.92 Å². The van der Waals surface area contributed by atoms with Crippen LogP contribution in [0.25, 0.3) is 10.9 Å². The minimum Gasteiger partial charge on any atom is -0.384 e. The molecule has 1 unspecified atom stereocenters. The van der Waals surface area contributed by atoms with Crippen LogP contribution in [0, 0.1) is 13.8 Å². The summed E-state index contributed by atoms with van der Waals surface area (Å²) >= 11 is 0. The molecule has 0 fully saturated rings. The molecule has 1 amide bonds. The number of fused-ring (bicyclic) bond motifs is 1. The predicted molar refractivity (Wildman–Crippen MR) is 104 cm³/mol. The zero-order chi connectivity index (χ0) is 18.7. The second-order valence-electron chi connectivity index (χ2n) is 6.91. The maximum atomic E-state index is 12.5. The number of benzene rings is 2. The van der Waals surface area contributed by atoms with E-state index in [-0.39, 0.29) is 18.9 Å². The minimum absolute atomic E-state index is 0.121. The highest BCUT2D eigenvalue weighted by Gasteiger charge is 2.23. The highest BCUT2D eigenvalue weighted by atomic mass is 16.3. The lowest BCUT2D eigenvalue weighted by Gasteiger charge is -2.24. The molecule has 134 valence electrons. The van der Waals surface area contributed by atoms with Gasteiger partial charge in [-0.1, -0.05) is 48.5 Å². The van der Waals surface area contributed by atoms with Crippen LogP contribution in [0.15, 0.2) is 54.6 Å². The van der Waals surface area contributed by atoms with Crippen molar-refractivity contribution in [2.24, 2.45) is 0 Å². The topological polar surface area (TPSA) is 62.2 Å². The SMILES string of the molecule is Cc1nc2ccccc2c(C)c1CC(=O)NCC(C)(O)c1ccccc1. The maximum absolute atomic E-state index is 12.5. The van der Waals surface area contributed by atoms with Gasteiger partial charge in [0, 0.05) is 11.1 Å². The maximum Gasteiger partial charge on any atom is 0.224 e. The molecule has 0 aliphatic heterocycles. The van der Waals surface area contributed by atoms with Crippen molar-refractivity contribution in [2.75, 3.05) is 6.54 Å². The molecule has 0 saturated carbocycles. The van der Waals surface area contributed by atoms with Gasteiger partial charge in [-0.2, -0.15) is 0 Å². The third-order valence-corrected chi connectivity index (χ3v) is 4.85. The molecule has 0 aliphatic rings. The van der Waals surface area contributed by atoms with Crippen LogP contribution < -0.4 is 5.32 Å². The fraction of sp³-hybridized carbons (Fsp3) is 0.273. The van der Waals surface area contributed by atoms with Gasteiger partial charge in [0.05, 0.1) is 18.5 Å². The third-order valence-electron chi connectivity index (χ3n) is 4.85. The largest absolute Gasteiger partial charge is 0.384 e. The van der Waals surface area contributed by atoms with E-state index < -0.39 is 5.60 Å². The van der Waals surface area contributed by atoms with E-state index in [0.717, 1.165) is 33.3 Å². The Hall–Kier alpha value is -2.72. The Morgan fingerprint density at radius 2 is 1.73 bits per heavy atom. The van der Waals surface area contributed by atoms with Gasteiger partial charge in [0.1, 0.15) is 5.60 Å². The quantitative estimate of drug-likeness (QED) is 0.743. The van der Waals surface area contributed by atoms with Crippen molar-refractivity contribution >= 4 is 16.8 Å². The van der Waals surface area contributed by atoms with Crippen molar-refractivity contribution in [3.05, 3.63) is 77.0 Å². The molecule has 0 saturated heterocycles. The van der Waals surface area contributed by atoms with Crippen LogP contribution in [0.5, 0.6) is 0 Å². The monoisotopic (exact) mass is 348 g/mol. The van der Waals surface area contributed by atoms with Crippen LogP contribution in [0.3, 0.4) is 0 Å². The number of aryl methyl sites for hydroxylation is 2. The van der Waals surface area contributed by atoms with Crippen LogP contribution in [0.1, 0.15) is 29.3 Å². The summed E-state index contributed by atoms with van der Waals surface area (Å²) in [7, 11) is 0. The molecule has 1 aromatic heterocycles. The number of nitrogens with one attached hydrogen (secondary N) is 1. The molecule has 1 heterocycles. The number of carbonyl (C=O) groups is 1. The molecule has 3 aromatic rings. The molecule has 0 spiro atoms. The molecule has 3 rings (SSSR count). The fourth-order valence-corrected chi connectivity index (χ4v) is 3.22. The summed E-state index contributed by atoms with van der Waals surface area (Å²) in [6.07, 6.45) is 0.250. The third kappa shape index (κ3) is 3.75. The number of carbonyl (C=O) groups excluding carboxylic acids is 1. The van der Waals surface area contributed by atoms with E-state index in [1.807, 2.05) is 68.4 Å². The second kappa shape index (κ2) is 7.26. The normalized spacial score (nSPS) is 13.4. The van der Waals surface area contributed by atoms with Crippen molar-refractivity contribution in [1.82, 2.24) is 10.3 Å². The van der Waals surface area contributed by atoms with Gasteiger partial charge >= 0.3 is 0 Å². The minimum atomic E-state index is -1.11. The van der Waals surface area contributed by atoms with Gasteiger partial charge in [0.15, 0.2) is 0 Å². The Labute approximate surface area is 153 Å². The Kier molecular flexibility index (Phi) is 5.05. The number of aromatic nitrogens is 1. The van der Waals surface area contributed by atoms with Gasteiger partial charge in [-0.3, -0.25) is 9.78 Å². The number of pyridine rings is 1. The zero-order valence-electron chi connectivity index (χ0n) is 15.4. The van der Waals surface area contributed by atoms with Crippen LogP contribution in [-0.2, 0) is 16.8 Å². The molecule has 2 N–H and O–H groups in total. The van der Waals surface area contributed by atoms with Crippen LogP contribution in [-0.4, -0.2) is 22.5 Å². The predicted octanol–water partition coefficient (Wildman–Crippen LogP) is 3.42. The Balaban J connectivity index is 1.74. The highest BCUT2D eigenvalue weighted by Crippen LogP contribution is 2.23. The fourth-order valence-electron chi connectivity index (χ4n) is 3.22. The second-order valence-corrected chi connectivity index (χ2v) is 6.91. The van der Waals surface area contributed by atoms with E-state index >= 15 is 0 Å². The number of amides is 1. The first-order chi connectivity index (χ1) is 12.4. The standard InChI is InChI=1S/C22H24N2O2/c1-15-18-11-7-8-12-20(18)24-16(2)19(15)13-21(25)23-14-22(3,26)17-9-5-4-6-10-17/h4-12,26H,13-14H2,1-3H3,(H,23,25). The Bertz CT molecular complexity index is 934. The summed E-state index contributed by atoms with van der Waals surface area (Å²) in [5.74, 6) is -0.121. The number of para-hydroxylation sites is 1. The van der Waals surface area contributed by atoms with E-state index in [2.05, 4.69) is 10.3 Å². The molecule has 26 heavy (non-hydrogen) atoms.